The van der Waals surface area contributed by atoms with Gasteiger partial charge in [0.05, 0.1) is 11.1 Å². The molecule has 6 nitrogen and oxygen atoms in total. The number of benzene rings is 2. The standard InChI is InChI=1S/C32H39N5O.Cu/c1-30(21-34(2)18-19-35(3)22-30)37-24-31(26-12-6-4-7-13-26)23-36(20-28-16-10-11-17-33-28)25-32(37,29(31)38)27-14-8-5-9-15-27;/h4-17H,18-25H2,1-3H3;. The molecule has 7 heteroatoms. The first-order chi connectivity index (χ1) is 18.4. The van der Waals surface area contributed by atoms with Gasteiger partial charge in [-0.15, -0.1) is 0 Å². The summed E-state index contributed by atoms with van der Waals surface area (Å²) < 4.78 is 0. The number of carbonyl (C=O) groups excluding carboxylic acids is 1. The largest absolute Gasteiger partial charge is 0.303 e. The van der Waals surface area contributed by atoms with Crippen LogP contribution in [0.3, 0.4) is 0 Å². The molecule has 0 aliphatic carbocycles. The second-order valence-electron chi connectivity index (χ2n) is 12.0. The van der Waals surface area contributed by atoms with Gasteiger partial charge in [-0.1, -0.05) is 66.7 Å². The zero-order valence-electron chi connectivity index (χ0n) is 23.2. The third-order valence-corrected chi connectivity index (χ3v) is 9.07. The summed E-state index contributed by atoms with van der Waals surface area (Å²) in [6, 6.07) is 27.2. The normalized spacial score (nSPS) is 28.1. The molecule has 2 bridgehead atoms. The van der Waals surface area contributed by atoms with Gasteiger partial charge in [0.1, 0.15) is 5.54 Å². The molecule has 39 heavy (non-hydrogen) atoms. The van der Waals surface area contributed by atoms with Crippen molar-refractivity contribution < 1.29 is 21.9 Å². The third kappa shape index (κ3) is 4.80. The molecule has 3 fully saturated rings. The van der Waals surface area contributed by atoms with E-state index < -0.39 is 11.0 Å². The van der Waals surface area contributed by atoms with E-state index in [0.29, 0.717) is 25.4 Å². The predicted octanol–water partition coefficient (Wildman–Crippen LogP) is 3.25. The molecule has 1 aromatic heterocycles. The molecule has 2 aromatic carbocycles. The molecule has 3 aliphatic rings. The molecule has 3 saturated heterocycles. The molecule has 0 N–H and O–H groups in total. The Hall–Kier alpha value is -2.38. The first-order valence-corrected chi connectivity index (χ1v) is 13.8. The van der Waals surface area contributed by atoms with E-state index in [1.807, 2.05) is 18.3 Å². The van der Waals surface area contributed by atoms with E-state index in [0.717, 1.165) is 49.5 Å². The van der Waals surface area contributed by atoms with Gasteiger partial charge in [-0.25, -0.2) is 0 Å². The fourth-order valence-corrected chi connectivity index (χ4v) is 7.57. The average molecular weight is 573 g/mol. The van der Waals surface area contributed by atoms with Crippen LogP contribution in [0.2, 0.25) is 0 Å². The summed E-state index contributed by atoms with van der Waals surface area (Å²) in [5, 5.41) is 0. The number of fused-ring (bicyclic) bond motifs is 2. The predicted molar refractivity (Wildman–Crippen MR) is 151 cm³/mol. The summed E-state index contributed by atoms with van der Waals surface area (Å²) in [4.78, 5) is 29.8. The summed E-state index contributed by atoms with van der Waals surface area (Å²) in [6.45, 7) is 9.07. The molecule has 0 spiro atoms. The number of aromatic nitrogens is 1. The van der Waals surface area contributed by atoms with E-state index in [2.05, 4.69) is 112 Å². The minimum Gasteiger partial charge on any atom is -0.303 e. The maximum absolute atomic E-state index is 15.2. The fraction of sp³-hybridized carbons (Fsp3) is 0.438. The summed E-state index contributed by atoms with van der Waals surface area (Å²) >= 11 is 0. The first-order valence-electron chi connectivity index (χ1n) is 13.8. The first kappa shape index (κ1) is 28.2. The third-order valence-electron chi connectivity index (χ3n) is 9.07. The summed E-state index contributed by atoms with van der Waals surface area (Å²) in [5.74, 6) is 0.343. The van der Waals surface area contributed by atoms with Crippen molar-refractivity contribution in [3.8, 4) is 0 Å². The van der Waals surface area contributed by atoms with E-state index in [1.165, 1.54) is 0 Å². The molecule has 3 aromatic rings. The van der Waals surface area contributed by atoms with E-state index >= 15 is 4.79 Å². The Balaban J connectivity index is 0.00000308. The number of nitrogens with zero attached hydrogens (tertiary/aromatic N) is 5. The molecular weight excluding hydrogens is 534 g/mol. The van der Waals surface area contributed by atoms with Gasteiger partial charge < -0.3 is 9.80 Å². The monoisotopic (exact) mass is 572 g/mol. The molecule has 4 heterocycles. The van der Waals surface area contributed by atoms with E-state index in [9.17, 15) is 0 Å². The summed E-state index contributed by atoms with van der Waals surface area (Å²) in [7, 11) is 4.44. The van der Waals surface area contributed by atoms with Crippen LogP contribution in [0.1, 0.15) is 23.7 Å². The Labute approximate surface area is 243 Å². The number of pyridine rings is 1. The number of rotatable bonds is 5. The van der Waals surface area contributed by atoms with Crippen LogP contribution in [-0.4, -0.2) is 95.8 Å². The number of likely N-dealkylation sites (tertiary alicyclic amines) is 2. The van der Waals surface area contributed by atoms with Crippen molar-refractivity contribution in [3.63, 3.8) is 0 Å². The average Bonchev–Trinajstić information content (AvgIpc) is 3.02. The SMILES string of the molecule is CN1CCN(C)CC(C)(N2CC3(c4ccccc4)CN(Cc4ccccn4)CC2(c2ccccc2)C3=O)C1.[Cu]. The van der Waals surface area contributed by atoms with Crippen LogP contribution in [0.5, 0.6) is 0 Å². The van der Waals surface area contributed by atoms with Crippen LogP contribution in [0.4, 0.5) is 0 Å². The second-order valence-corrected chi connectivity index (χ2v) is 12.0. The summed E-state index contributed by atoms with van der Waals surface area (Å²) in [5.41, 5.74) is 1.70. The Bertz CT molecular complexity index is 1260. The molecule has 2 atom stereocenters. The van der Waals surface area contributed by atoms with Gasteiger partial charge in [0.25, 0.3) is 0 Å². The van der Waals surface area contributed by atoms with Crippen molar-refractivity contribution in [2.45, 2.75) is 30.0 Å². The number of likely N-dealkylation sites (N-methyl/N-ethyl adjacent to an activating group) is 2. The van der Waals surface area contributed by atoms with E-state index in [-0.39, 0.29) is 22.6 Å². The Morgan fingerprint density at radius 1 is 0.744 bits per heavy atom. The fourth-order valence-electron chi connectivity index (χ4n) is 7.57. The molecule has 2 unspecified atom stereocenters. The Morgan fingerprint density at radius 3 is 1.92 bits per heavy atom. The number of hydrogen-bond acceptors (Lipinski definition) is 6. The number of Topliss-reactive ketones (excluding diaryl/α,β-unsaturated/α-hetero) is 1. The van der Waals surface area contributed by atoms with Crippen molar-refractivity contribution in [1.29, 1.82) is 0 Å². The zero-order valence-corrected chi connectivity index (χ0v) is 24.1. The van der Waals surface area contributed by atoms with Gasteiger partial charge in [-0.3, -0.25) is 19.6 Å². The number of piperidine rings is 1. The molecule has 0 saturated carbocycles. The van der Waals surface area contributed by atoms with Gasteiger partial charge in [0.15, 0.2) is 5.78 Å². The van der Waals surface area contributed by atoms with Crippen LogP contribution in [-0.2, 0) is 39.4 Å². The summed E-state index contributed by atoms with van der Waals surface area (Å²) in [6.07, 6.45) is 1.86. The number of carbonyl (C=O) groups is 1. The van der Waals surface area contributed by atoms with Crippen molar-refractivity contribution in [2.24, 2.45) is 0 Å². The molecule has 1 radical (unpaired) electrons. The molecule has 3 aliphatic heterocycles. The maximum Gasteiger partial charge on any atom is 0.172 e. The van der Waals surface area contributed by atoms with Crippen LogP contribution in [0.25, 0.3) is 0 Å². The molecule has 0 amide bonds. The zero-order chi connectivity index (χ0) is 26.4. The van der Waals surface area contributed by atoms with Crippen LogP contribution >= 0.6 is 0 Å². The second kappa shape index (κ2) is 10.9. The maximum atomic E-state index is 15.2. The van der Waals surface area contributed by atoms with Gasteiger partial charge in [0, 0.05) is 81.2 Å². The molecular formula is C32H39CuN5O. The van der Waals surface area contributed by atoms with Crippen molar-refractivity contribution in [1.82, 2.24) is 24.6 Å². The minimum absolute atomic E-state index is 0. The molecule has 209 valence electrons. The smallest absolute Gasteiger partial charge is 0.172 e. The topological polar surface area (TPSA) is 42.9 Å². The van der Waals surface area contributed by atoms with Crippen molar-refractivity contribution >= 4 is 5.78 Å². The minimum atomic E-state index is -0.745. The number of ketones is 1. The van der Waals surface area contributed by atoms with E-state index in [1.54, 1.807) is 0 Å². The quantitative estimate of drug-likeness (QED) is 0.437. The Kier molecular flexibility index (Phi) is 7.86. The molecule has 6 rings (SSSR count). The van der Waals surface area contributed by atoms with E-state index in [4.69, 9.17) is 0 Å². The van der Waals surface area contributed by atoms with Crippen molar-refractivity contribution in [2.75, 3.05) is 59.9 Å². The van der Waals surface area contributed by atoms with Gasteiger partial charge in [-0.05, 0) is 44.3 Å². The Morgan fingerprint density at radius 2 is 1.33 bits per heavy atom. The van der Waals surface area contributed by atoms with Crippen LogP contribution in [0.15, 0.2) is 85.1 Å². The van der Waals surface area contributed by atoms with Gasteiger partial charge >= 0.3 is 0 Å². The van der Waals surface area contributed by atoms with Crippen molar-refractivity contribution in [3.05, 3.63) is 102 Å². The number of hydrogen-bond donors (Lipinski definition) is 0. The van der Waals surface area contributed by atoms with Gasteiger partial charge in [-0.2, -0.15) is 0 Å². The van der Waals surface area contributed by atoms with Crippen LogP contribution < -0.4 is 0 Å². The van der Waals surface area contributed by atoms with Gasteiger partial charge in [0.2, 0.25) is 0 Å². The van der Waals surface area contributed by atoms with Crippen LogP contribution in [0, 0.1) is 0 Å².